The van der Waals surface area contributed by atoms with E-state index in [1.165, 1.54) is 6.07 Å². The predicted octanol–water partition coefficient (Wildman–Crippen LogP) is 1.26. The second-order valence-corrected chi connectivity index (χ2v) is 6.57. The standard InChI is InChI=1S/C16H18N6O2S/c17-12-7-13(18)22-16(21-12)25-8-14(23)20-11-4-2-1-3-10(11)15(24)19-9-5-6-9/h1-4,7,9H,5-6,8H2,(H,19,24)(H,20,23)(H4,17,18,21,22). The van der Waals surface area contributed by atoms with Crippen molar-refractivity contribution in [1.29, 1.82) is 0 Å². The Balaban J connectivity index is 1.61. The summed E-state index contributed by atoms with van der Waals surface area (Å²) >= 11 is 1.12. The van der Waals surface area contributed by atoms with Gasteiger partial charge in [0.2, 0.25) is 5.91 Å². The molecule has 8 nitrogen and oxygen atoms in total. The number of para-hydroxylation sites is 1. The average molecular weight is 358 g/mol. The van der Waals surface area contributed by atoms with E-state index in [9.17, 15) is 9.59 Å². The number of nitrogen functional groups attached to an aromatic ring is 2. The van der Waals surface area contributed by atoms with Gasteiger partial charge >= 0.3 is 0 Å². The molecule has 9 heteroatoms. The van der Waals surface area contributed by atoms with Crippen LogP contribution < -0.4 is 22.1 Å². The highest BCUT2D eigenvalue weighted by Crippen LogP contribution is 2.22. The van der Waals surface area contributed by atoms with E-state index in [4.69, 9.17) is 11.5 Å². The van der Waals surface area contributed by atoms with E-state index >= 15 is 0 Å². The smallest absolute Gasteiger partial charge is 0.253 e. The first-order valence-corrected chi connectivity index (χ1v) is 8.72. The Morgan fingerprint density at radius 2 is 1.84 bits per heavy atom. The number of nitrogens with one attached hydrogen (secondary N) is 2. The van der Waals surface area contributed by atoms with Crippen LogP contribution >= 0.6 is 11.8 Å². The van der Waals surface area contributed by atoms with Crippen LogP contribution in [0.4, 0.5) is 17.3 Å². The molecule has 1 aromatic heterocycles. The first kappa shape index (κ1) is 17.0. The molecule has 1 saturated carbocycles. The zero-order chi connectivity index (χ0) is 17.8. The summed E-state index contributed by atoms with van der Waals surface area (Å²) in [4.78, 5) is 32.4. The van der Waals surface area contributed by atoms with Crippen LogP contribution in [0.1, 0.15) is 23.2 Å². The van der Waals surface area contributed by atoms with Crippen LogP contribution in [0.2, 0.25) is 0 Å². The molecule has 1 heterocycles. The number of aromatic nitrogens is 2. The molecule has 1 aliphatic rings. The van der Waals surface area contributed by atoms with Crippen molar-refractivity contribution in [3.8, 4) is 0 Å². The topological polar surface area (TPSA) is 136 Å². The number of anilines is 3. The molecule has 2 aromatic rings. The summed E-state index contributed by atoms with van der Waals surface area (Å²) < 4.78 is 0. The largest absolute Gasteiger partial charge is 0.383 e. The lowest BCUT2D eigenvalue weighted by atomic mass is 10.1. The fourth-order valence-electron chi connectivity index (χ4n) is 2.12. The van der Waals surface area contributed by atoms with E-state index in [0.29, 0.717) is 16.4 Å². The Bertz CT molecular complexity index is 789. The van der Waals surface area contributed by atoms with Gasteiger partial charge in [-0.15, -0.1) is 0 Å². The number of carbonyl (C=O) groups excluding carboxylic acids is 2. The molecule has 2 amide bonds. The molecule has 0 saturated heterocycles. The molecule has 25 heavy (non-hydrogen) atoms. The highest BCUT2D eigenvalue weighted by molar-refractivity contribution is 7.99. The first-order chi connectivity index (χ1) is 12.0. The van der Waals surface area contributed by atoms with Gasteiger partial charge < -0.3 is 22.1 Å². The molecule has 0 atom stereocenters. The highest BCUT2D eigenvalue weighted by atomic mass is 32.2. The summed E-state index contributed by atoms with van der Waals surface area (Å²) in [5.74, 6) is 0.107. The molecule has 0 aliphatic heterocycles. The number of amides is 2. The minimum Gasteiger partial charge on any atom is -0.383 e. The van der Waals surface area contributed by atoms with E-state index < -0.39 is 0 Å². The minimum atomic E-state index is -0.277. The van der Waals surface area contributed by atoms with Crippen LogP contribution in [-0.2, 0) is 4.79 Å². The third-order valence-electron chi connectivity index (χ3n) is 3.44. The molecule has 1 aliphatic carbocycles. The van der Waals surface area contributed by atoms with Crippen molar-refractivity contribution >= 4 is 40.9 Å². The van der Waals surface area contributed by atoms with Crippen LogP contribution in [0, 0.1) is 0 Å². The van der Waals surface area contributed by atoms with E-state index in [1.807, 2.05) is 0 Å². The summed E-state index contributed by atoms with van der Waals surface area (Å²) in [6.07, 6.45) is 2.00. The van der Waals surface area contributed by atoms with E-state index in [1.54, 1.807) is 24.3 Å². The average Bonchev–Trinajstić information content (AvgIpc) is 3.36. The summed E-state index contributed by atoms with van der Waals surface area (Å²) in [6, 6.07) is 8.59. The number of benzene rings is 1. The lowest BCUT2D eigenvalue weighted by Crippen LogP contribution is -2.27. The molecule has 0 radical (unpaired) electrons. The molecule has 6 N–H and O–H groups in total. The van der Waals surface area contributed by atoms with E-state index in [2.05, 4.69) is 20.6 Å². The fraction of sp³-hybridized carbons (Fsp3) is 0.250. The quantitative estimate of drug-likeness (QED) is 0.451. The number of thioether (sulfide) groups is 1. The van der Waals surface area contributed by atoms with Crippen LogP contribution in [0.5, 0.6) is 0 Å². The van der Waals surface area contributed by atoms with Gasteiger partial charge in [-0.05, 0) is 25.0 Å². The van der Waals surface area contributed by atoms with E-state index in [0.717, 1.165) is 24.6 Å². The van der Waals surface area contributed by atoms with Crippen molar-refractivity contribution in [2.45, 2.75) is 24.0 Å². The van der Waals surface area contributed by atoms with Crippen LogP contribution in [0.3, 0.4) is 0 Å². The van der Waals surface area contributed by atoms with Crippen molar-refractivity contribution < 1.29 is 9.59 Å². The van der Waals surface area contributed by atoms with Gasteiger partial charge in [-0.1, -0.05) is 23.9 Å². The van der Waals surface area contributed by atoms with Gasteiger partial charge in [0, 0.05) is 12.1 Å². The summed E-state index contributed by atoms with van der Waals surface area (Å²) in [5, 5.41) is 5.98. The fourth-order valence-corrected chi connectivity index (χ4v) is 2.80. The maximum atomic E-state index is 12.2. The Kier molecular flexibility index (Phi) is 5.03. The van der Waals surface area contributed by atoms with Crippen LogP contribution in [-0.4, -0.2) is 33.6 Å². The summed E-state index contributed by atoms with van der Waals surface area (Å²) in [5.41, 5.74) is 12.1. The minimum absolute atomic E-state index is 0.0709. The van der Waals surface area contributed by atoms with Crippen LogP contribution in [0.15, 0.2) is 35.5 Å². The van der Waals surface area contributed by atoms with Gasteiger partial charge in [0.05, 0.1) is 17.0 Å². The Labute approximate surface area is 148 Å². The molecular formula is C16H18N6O2S. The zero-order valence-electron chi connectivity index (χ0n) is 13.4. The maximum Gasteiger partial charge on any atom is 0.253 e. The molecule has 0 bridgehead atoms. The molecule has 0 unspecified atom stereocenters. The second-order valence-electron chi connectivity index (χ2n) is 5.63. The Hall–Kier alpha value is -2.81. The molecule has 3 rings (SSSR count). The van der Waals surface area contributed by atoms with Crippen molar-refractivity contribution in [3.05, 3.63) is 35.9 Å². The summed E-state index contributed by atoms with van der Waals surface area (Å²) in [7, 11) is 0. The van der Waals surface area contributed by atoms with Crippen molar-refractivity contribution in [2.75, 3.05) is 22.5 Å². The van der Waals surface area contributed by atoms with Crippen LogP contribution in [0.25, 0.3) is 0 Å². The molecule has 1 fully saturated rings. The zero-order valence-corrected chi connectivity index (χ0v) is 14.2. The number of nitrogens with two attached hydrogens (primary N) is 2. The van der Waals surface area contributed by atoms with Gasteiger partial charge in [0.15, 0.2) is 5.16 Å². The monoisotopic (exact) mass is 358 g/mol. The first-order valence-electron chi connectivity index (χ1n) is 7.74. The predicted molar refractivity (Wildman–Crippen MR) is 97.1 cm³/mol. The second kappa shape index (κ2) is 7.39. The number of carbonyl (C=O) groups is 2. The number of hydrogen-bond acceptors (Lipinski definition) is 7. The van der Waals surface area contributed by atoms with Crippen molar-refractivity contribution in [1.82, 2.24) is 15.3 Å². The number of rotatable bonds is 6. The van der Waals surface area contributed by atoms with Gasteiger partial charge in [-0.2, -0.15) is 0 Å². The third kappa shape index (κ3) is 4.83. The SMILES string of the molecule is Nc1cc(N)nc(SCC(=O)Nc2ccccc2C(=O)NC2CC2)n1. The van der Waals surface area contributed by atoms with Gasteiger partial charge in [0.1, 0.15) is 11.6 Å². The molecular weight excluding hydrogens is 340 g/mol. The van der Waals surface area contributed by atoms with Gasteiger partial charge in [-0.3, -0.25) is 9.59 Å². The lowest BCUT2D eigenvalue weighted by molar-refractivity contribution is -0.113. The normalized spacial score (nSPS) is 13.3. The Morgan fingerprint density at radius 1 is 1.16 bits per heavy atom. The molecule has 130 valence electrons. The molecule has 1 aromatic carbocycles. The van der Waals surface area contributed by atoms with Gasteiger partial charge in [0.25, 0.3) is 5.91 Å². The number of hydrogen-bond donors (Lipinski definition) is 4. The summed E-state index contributed by atoms with van der Waals surface area (Å²) in [6.45, 7) is 0. The molecule has 0 spiro atoms. The lowest BCUT2D eigenvalue weighted by Gasteiger charge is -2.11. The van der Waals surface area contributed by atoms with E-state index in [-0.39, 0.29) is 35.2 Å². The van der Waals surface area contributed by atoms with Crippen molar-refractivity contribution in [2.24, 2.45) is 0 Å². The Morgan fingerprint density at radius 3 is 2.52 bits per heavy atom. The third-order valence-corrected chi connectivity index (χ3v) is 4.28. The van der Waals surface area contributed by atoms with Gasteiger partial charge in [-0.25, -0.2) is 9.97 Å². The van der Waals surface area contributed by atoms with Crippen molar-refractivity contribution in [3.63, 3.8) is 0 Å². The maximum absolute atomic E-state index is 12.2. The highest BCUT2D eigenvalue weighted by Gasteiger charge is 2.25. The number of nitrogens with zero attached hydrogens (tertiary/aromatic N) is 2.